The van der Waals surface area contributed by atoms with Gasteiger partial charge in [-0.05, 0) is 36.4 Å². The number of hydrogen-bond donors (Lipinski definition) is 1. The number of amides is 1. The number of hydrogen-bond acceptors (Lipinski definition) is 5. The van der Waals surface area contributed by atoms with E-state index in [9.17, 15) is 4.79 Å². The minimum atomic E-state index is -0.297. The minimum absolute atomic E-state index is 0.297. The number of anilines is 1. The Morgan fingerprint density at radius 2 is 1.97 bits per heavy atom. The topological polar surface area (TPSA) is 90.8 Å². The lowest BCUT2D eigenvalue weighted by Gasteiger charge is -2.10. The van der Waals surface area contributed by atoms with Crippen molar-refractivity contribution < 1.29 is 9.21 Å². The van der Waals surface area contributed by atoms with Gasteiger partial charge in [0.25, 0.3) is 5.91 Å². The first kappa shape index (κ1) is 18.8. The fourth-order valence-corrected chi connectivity index (χ4v) is 3.59. The number of furan rings is 1. The maximum Gasteiger partial charge on any atom is 0.261 e. The Bertz CT molecular complexity index is 1340. The average molecular weight is 412 g/mol. The summed E-state index contributed by atoms with van der Waals surface area (Å²) in [5.41, 5.74) is 3.65. The highest BCUT2D eigenvalue weighted by Gasteiger charge is 2.21. The Morgan fingerprint density at radius 1 is 1.10 bits per heavy atom. The lowest BCUT2D eigenvalue weighted by atomic mass is 10.2. The molecule has 0 radical (unpaired) electrons. The van der Waals surface area contributed by atoms with Crippen LogP contribution in [0.1, 0.15) is 16.1 Å². The van der Waals surface area contributed by atoms with Gasteiger partial charge in [-0.2, -0.15) is 5.10 Å². The molecule has 1 N–H and O–H groups in total. The summed E-state index contributed by atoms with van der Waals surface area (Å²) in [6.45, 7) is 0.630. The van der Waals surface area contributed by atoms with E-state index in [2.05, 4.69) is 20.4 Å². The number of benzene rings is 1. The number of carbonyl (C=O) groups excluding carboxylic acids is 1. The predicted octanol–water partition coefficient (Wildman–Crippen LogP) is 3.92. The second-order valence-electron chi connectivity index (χ2n) is 7.14. The summed E-state index contributed by atoms with van der Waals surface area (Å²) in [4.78, 5) is 22.2. The molecule has 0 aliphatic heterocycles. The van der Waals surface area contributed by atoms with Gasteiger partial charge < -0.3 is 8.98 Å². The van der Waals surface area contributed by atoms with Gasteiger partial charge in [0.15, 0.2) is 5.76 Å². The zero-order chi connectivity index (χ0) is 21.2. The first-order valence-electron chi connectivity index (χ1n) is 9.93. The minimum Gasteiger partial charge on any atom is -0.463 e. The first-order chi connectivity index (χ1) is 15.2. The van der Waals surface area contributed by atoms with Gasteiger partial charge in [-0.25, -0.2) is 4.98 Å². The Hall–Kier alpha value is -4.20. The van der Waals surface area contributed by atoms with Gasteiger partial charge in [0, 0.05) is 38.1 Å². The van der Waals surface area contributed by atoms with E-state index in [4.69, 9.17) is 4.42 Å². The van der Waals surface area contributed by atoms with Crippen molar-refractivity contribution in [2.75, 3.05) is 5.32 Å². The quantitative estimate of drug-likeness (QED) is 0.456. The number of fused-ring (bicyclic) bond motifs is 1. The molecule has 8 heteroatoms. The van der Waals surface area contributed by atoms with Crippen LogP contribution in [-0.2, 0) is 20.0 Å². The zero-order valence-electron chi connectivity index (χ0n) is 16.9. The molecule has 0 unspecified atom stereocenters. The highest BCUT2D eigenvalue weighted by Crippen LogP contribution is 2.25. The number of nitrogens with one attached hydrogen (secondary N) is 1. The largest absolute Gasteiger partial charge is 0.463 e. The molecule has 0 saturated heterocycles. The van der Waals surface area contributed by atoms with Crippen LogP contribution in [0, 0.1) is 0 Å². The fraction of sp³-hybridized carbons (Fsp3) is 0.130. The Kier molecular flexibility index (Phi) is 4.80. The molecular weight excluding hydrogens is 392 g/mol. The van der Waals surface area contributed by atoms with Crippen LogP contribution in [0.25, 0.3) is 22.5 Å². The van der Waals surface area contributed by atoms with Crippen molar-refractivity contribution in [3.05, 3.63) is 84.5 Å². The second kappa shape index (κ2) is 7.91. The van der Waals surface area contributed by atoms with Gasteiger partial charge in [0.2, 0.25) is 5.95 Å². The van der Waals surface area contributed by atoms with Crippen molar-refractivity contribution in [1.29, 1.82) is 0 Å². The Balaban J connectivity index is 1.47. The van der Waals surface area contributed by atoms with Gasteiger partial charge in [-0.15, -0.1) is 0 Å². The number of rotatable bonds is 6. The van der Waals surface area contributed by atoms with Gasteiger partial charge in [-0.1, -0.05) is 18.2 Å². The van der Waals surface area contributed by atoms with Crippen LogP contribution < -0.4 is 5.32 Å². The molecule has 1 amide bonds. The first-order valence-corrected chi connectivity index (χ1v) is 9.93. The smallest absolute Gasteiger partial charge is 0.261 e. The van der Waals surface area contributed by atoms with Crippen molar-refractivity contribution in [3.63, 3.8) is 0 Å². The summed E-state index contributed by atoms with van der Waals surface area (Å²) in [7, 11) is 1.77. The SMILES string of the molecule is Cn1cc(C(=O)Nc2nc3ccccc3n2CCc2ccccn2)c(-c2ccco2)n1. The van der Waals surface area contributed by atoms with Gasteiger partial charge in [0.1, 0.15) is 5.69 Å². The molecule has 0 bridgehead atoms. The Morgan fingerprint density at radius 3 is 2.77 bits per heavy atom. The molecule has 0 aliphatic rings. The van der Waals surface area contributed by atoms with Gasteiger partial charge in [-0.3, -0.25) is 19.8 Å². The predicted molar refractivity (Wildman–Crippen MR) is 117 cm³/mol. The highest BCUT2D eigenvalue weighted by molar-refractivity contribution is 6.07. The van der Waals surface area contributed by atoms with E-state index < -0.39 is 0 Å². The number of aryl methyl sites for hydroxylation is 3. The lowest BCUT2D eigenvalue weighted by molar-refractivity contribution is 0.102. The van der Waals surface area contributed by atoms with Crippen molar-refractivity contribution in [2.24, 2.45) is 7.05 Å². The lowest BCUT2D eigenvalue weighted by Crippen LogP contribution is -2.17. The number of aromatic nitrogens is 5. The van der Waals surface area contributed by atoms with Crippen molar-refractivity contribution in [1.82, 2.24) is 24.3 Å². The third-order valence-electron chi connectivity index (χ3n) is 5.03. The molecule has 154 valence electrons. The van der Waals surface area contributed by atoms with Crippen LogP contribution in [0.5, 0.6) is 0 Å². The van der Waals surface area contributed by atoms with E-state index in [1.807, 2.05) is 47.0 Å². The zero-order valence-corrected chi connectivity index (χ0v) is 16.9. The molecule has 4 aromatic heterocycles. The van der Waals surface area contributed by atoms with E-state index in [-0.39, 0.29) is 5.91 Å². The van der Waals surface area contributed by atoms with E-state index in [0.717, 1.165) is 16.7 Å². The van der Waals surface area contributed by atoms with Crippen molar-refractivity contribution >= 4 is 22.9 Å². The molecule has 4 heterocycles. The van der Waals surface area contributed by atoms with Crippen LogP contribution >= 0.6 is 0 Å². The maximum absolute atomic E-state index is 13.2. The van der Waals surface area contributed by atoms with Crippen LogP contribution in [0.15, 0.2) is 77.7 Å². The van der Waals surface area contributed by atoms with Crippen LogP contribution in [-0.4, -0.2) is 30.2 Å². The van der Waals surface area contributed by atoms with Crippen molar-refractivity contribution in [2.45, 2.75) is 13.0 Å². The van der Waals surface area contributed by atoms with E-state index in [1.165, 1.54) is 0 Å². The number of nitrogens with zero attached hydrogens (tertiary/aromatic N) is 5. The third kappa shape index (κ3) is 3.71. The molecule has 0 saturated carbocycles. The summed E-state index contributed by atoms with van der Waals surface area (Å²) in [5, 5.41) is 7.35. The molecule has 0 fully saturated rings. The monoisotopic (exact) mass is 412 g/mol. The van der Waals surface area contributed by atoms with Gasteiger partial charge in [0.05, 0.1) is 22.9 Å². The average Bonchev–Trinajstić information content (AvgIpc) is 3.51. The van der Waals surface area contributed by atoms with E-state index in [0.29, 0.717) is 35.9 Å². The van der Waals surface area contributed by atoms with Crippen LogP contribution in [0.3, 0.4) is 0 Å². The summed E-state index contributed by atoms with van der Waals surface area (Å²) < 4.78 is 9.05. The number of para-hydroxylation sites is 2. The second-order valence-corrected chi connectivity index (χ2v) is 7.14. The molecule has 5 rings (SSSR count). The molecule has 8 nitrogen and oxygen atoms in total. The molecule has 0 aliphatic carbocycles. The molecule has 1 aromatic carbocycles. The summed E-state index contributed by atoms with van der Waals surface area (Å²) in [5.74, 6) is 0.722. The normalized spacial score (nSPS) is 11.1. The van der Waals surface area contributed by atoms with Crippen molar-refractivity contribution in [3.8, 4) is 11.5 Å². The molecule has 31 heavy (non-hydrogen) atoms. The maximum atomic E-state index is 13.2. The Labute approximate surface area is 178 Å². The van der Waals surface area contributed by atoms with Crippen LogP contribution in [0.4, 0.5) is 5.95 Å². The molecule has 5 aromatic rings. The van der Waals surface area contributed by atoms with E-state index >= 15 is 0 Å². The molecule has 0 atom stereocenters. The number of pyridine rings is 1. The summed E-state index contributed by atoms with van der Waals surface area (Å²) in [6.07, 6.45) is 5.73. The highest BCUT2D eigenvalue weighted by atomic mass is 16.3. The number of carbonyl (C=O) groups is 1. The molecule has 0 spiro atoms. The third-order valence-corrected chi connectivity index (χ3v) is 5.03. The fourth-order valence-electron chi connectivity index (χ4n) is 3.59. The summed E-state index contributed by atoms with van der Waals surface area (Å²) >= 11 is 0. The molecular formula is C23H20N6O2. The van der Waals surface area contributed by atoms with Crippen LogP contribution in [0.2, 0.25) is 0 Å². The summed E-state index contributed by atoms with van der Waals surface area (Å²) in [6, 6.07) is 17.2. The van der Waals surface area contributed by atoms with E-state index in [1.54, 1.807) is 42.5 Å². The standard InChI is InChI=1S/C23H20N6O2/c1-28-15-17(21(27-28)20-10-6-14-31-20)22(30)26-23-25-18-8-2-3-9-19(18)29(23)13-11-16-7-4-5-12-24-16/h2-10,12,14-15H,11,13H2,1H3,(H,25,26,30). The number of imidazole rings is 1. The van der Waals surface area contributed by atoms with Gasteiger partial charge >= 0.3 is 0 Å².